The van der Waals surface area contributed by atoms with E-state index in [0.717, 1.165) is 22.7 Å². The van der Waals surface area contributed by atoms with Gasteiger partial charge in [-0.15, -0.1) is 0 Å². The molecule has 19 heavy (non-hydrogen) atoms. The molecule has 2 aromatic rings. The number of carbonyl (C=O) groups is 1. The summed E-state index contributed by atoms with van der Waals surface area (Å²) in [6.45, 7) is 1.86. The molecule has 5 nitrogen and oxygen atoms in total. The van der Waals surface area contributed by atoms with Crippen LogP contribution in [0.15, 0.2) is 34.4 Å². The average molecular weight is 277 g/mol. The Morgan fingerprint density at radius 2 is 2.00 bits per heavy atom. The normalized spacial score (nSPS) is 10.4. The first-order chi connectivity index (χ1) is 8.99. The average Bonchev–Trinajstić information content (AvgIpc) is 2.70. The van der Waals surface area contributed by atoms with Gasteiger partial charge in [-0.2, -0.15) is 0 Å². The SMILES string of the molecule is Cc1csc(=O)n1CC(=O)N(C)c1ccc(N)cc1. The van der Waals surface area contributed by atoms with E-state index in [1.807, 2.05) is 6.92 Å². The molecule has 1 aromatic heterocycles. The van der Waals surface area contributed by atoms with Crippen molar-refractivity contribution in [3.8, 4) is 0 Å². The van der Waals surface area contributed by atoms with Gasteiger partial charge in [-0.25, -0.2) is 0 Å². The van der Waals surface area contributed by atoms with Crippen molar-refractivity contribution in [3.63, 3.8) is 0 Å². The Kier molecular flexibility index (Phi) is 3.71. The summed E-state index contributed by atoms with van der Waals surface area (Å²) in [7, 11) is 1.68. The monoisotopic (exact) mass is 277 g/mol. The highest BCUT2D eigenvalue weighted by Gasteiger charge is 2.14. The molecule has 0 saturated heterocycles. The van der Waals surface area contributed by atoms with Crippen LogP contribution in [0.5, 0.6) is 0 Å². The summed E-state index contributed by atoms with van der Waals surface area (Å²) in [6, 6.07) is 7.02. The highest BCUT2D eigenvalue weighted by atomic mass is 32.1. The van der Waals surface area contributed by atoms with Gasteiger partial charge in [0.2, 0.25) is 5.91 Å². The highest BCUT2D eigenvalue weighted by Crippen LogP contribution is 2.15. The lowest BCUT2D eigenvalue weighted by Crippen LogP contribution is -2.32. The Hall–Kier alpha value is -2.08. The topological polar surface area (TPSA) is 68.3 Å². The summed E-state index contributed by atoms with van der Waals surface area (Å²) in [4.78, 5) is 25.1. The van der Waals surface area contributed by atoms with Crippen LogP contribution in [0.2, 0.25) is 0 Å². The standard InChI is InChI=1S/C13H15N3O2S/c1-9-8-19-13(18)16(9)7-12(17)15(2)11-5-3-10(14)4-6-11/h3-6,8H,7,14H2,1-2H3. The second-order valence-electron chi connectivity index (χ2n) is 4.27. The van der Waals surface area contributed by atoms with Gasteiger partial charge >= 0.3 is 4.87 Å². The largest absolute Gasteiger partial charge is 0.399 e. The van der Waals surface area contributed by atoms with Crippen molar-refractivity contribution in [2.75, 3.05) is 17.7 Å². The van der Waals surface area contributed by atoms with Crippen LogP contribution in [-0.2, 0) is 11.3 Å². The summed E-state index contributed by atoms with van der Waals surface area (Å²) in [5.41, 5.74) is 7.80. The molecular weight excluding hydrogens is 262 g/mol. The molecule has 0 atom stereocenters. The van der Waals surface area contributed by atoms with Crippen molar-refractivity contribution in [1.29, 1.82) is 0 Å². The lowest BCUT2D eigenvalue weighted by Gasteiger charge is -2.18. The predicted octanol–water partition coefficient (Wildman–Crippen LogP) is 1.46. The lowest BCUT2D eigenvalue weighted by molar-refractivity contribution is -0.118. The van der Waals surface area contributed by atoms with Crippen LogP contribution >= 0.6 is 11.3 Å². The molecule has 0 unspecified atom stereocenters. The van der Waals surface area contributed by atoms with Gasteiger partial charge in [0.1, 0.15) is 6.54 Å². The Morgan fingerprint density at radius 1 is 1.37 bits per heavy atom. The van der Waals surface area contributed by atoms with Gasteiger partial charge in [0.25, 0.3) is 0 Å². The van der Waals surface area contributed by atoms with E-state index >= 15 is 0 Å². The minimum atomic E-state index is -0.145. The first kappa shape index (κ1) is 13.4. The van der Waals surface area contributed by atoms with Crippen LogP contribution in [0, 0.1) is 6.92 Å². The second kappa shape index (κ2) is 5.27. The number of carbonyl (C=O) groups excluding carboxylic acids is 1. The van der Waals surface area contributed by atoms with Crippen LogP contribution in [0.4, 0.5) is 11.4 Å². The Balaban J connectivity index is 2.16. The number of benzene rings is 1. The van der Waals surface area contributed by atoms with Crippen LogP contribution < -0.4 is 15.5 Å². The number of amides is 1. The van der Waals surface area contributed by atoms with Crippen molar-refractivity contribution in [2.24, 2.45) is 0 Å². The van der Waals surface area contributed by atoms with Crippen molar-refractivity contribution in [2.45, 2.75) is 13.5 Å². The zero-order valence-corrected chi connectivity index (χ0v) is 11.6. The Labute approximate surface area is 114 Å². The van der Waals surface area contributed by atoms with E-state index in [2.05, 4.69) is 0 Å². The summed E-state index contributed by atoms with van der Waals surface area (Å²) < 4.78 is 1.47. The molecule has 1 aromatic carbocycles. The molecule has 0 spiro atoms. The van der Waals surface area contributed by atoms with Gasteiger partial charge in [-0.3, -0.25) is 14.2 Å². The van der Waals surface area contributed by atoms with Crippen molar-refractivity contribution in [1.82, 2.24) is 4.57 Å². The van der Waals surface area contributed by atoms with E-state index in [4.69, 9.17) is 5.73 Å². The second-order valence-corrected chi connectivity index (χ2v) is 5.09. The molecule has 2 rings (SSSR count). The number of hydrogen-bond donors (Lipinski definition) is 1. The molecule has 1 amide bonds. The maximum atomic E-state index is 12.1. The third-order valence-corrected chi connectivity index (χ3v) is 3.81. The molecule has 0 aliphatic rings. The zero-order chi connectivity index (χ0) is 14.0. The van der Waals surface area contributed by atoms with E-state index < -0.39 is 0 Å². The fourth-order valence-electron chi connectivity index (χ4n) is 1.68. The molecule has 0 saturated carbocycles. The van der Waals surface area contributed by atoms with Gasteiger partial charge in [0.15, 0.2) is 0 Å². The number of nitrogens with zero attached hydrogens (tertiary/aromatic N) is 2. The first-order valence-corrected chi connectivity index (χ1v) is 6.64. The molecule has 0 aliphatic heterocycles. The number of nitrogens with two attached hydrogens (primary N) is 1. The fourth-order valence-corrected chi connectivity index (χ4v) is 2.41. The fraction of sp³-hybridized carbons (Fsp3) is 0.231. The van der Waals surface area contributed by atoms with Gasteiger partial charge in [-0.1, -0.05) is 11.3 Å². The van der Waals surface area contributed by atoms with Gasteiger partial charge in [0.05, 0.1) is 0 Å². The number of hydrogen-bond acceptors (Lipinski definition) is 4. The van der Waals surface area contributed by atoms with E-state index in [9.17, 15) is 9.59 Å². The maximum Gasteiger partial charge on any atom is 0.307 e. The minimum absolute atomic E-state index is 0.0506. The smallest absolute Gasteiger partial charge is 0.307 e. The number of thiazole rings is 1. The minimum Gasteiger partial charge on any atom is -0.399 e. The Morgan fingerprint density at radius 3 is 2.53 bits per heavy atom. The molecule has 100 valence electrons. The number of nitrogen functional groups attached to an aromatic ring is 1. The highest BCUT2D eigenvalue weighted by molar-refractivity contribution is 7.07. The number of aryl methyl sites for hydroxylation is 1. The molecule has 6 heteroatoms. The van der Waals surface area contributed by atoms with E-state index in [1.165, 1.54) is 9.47 Å². The lowest BCUT2D eigenvalue weighted by atomic mass is 10.2. The van der Waals surface area contributed by atoms with Crippen LogP contribution in [0.25, 0.3) is 0 Å². The molecule has 0 fully saturated rings. The Bertz CT molecular complexity index is 643. The third-order valence-electron chi connectivity index (χ3n) is 2.92. The van der Waals surface area contributed by atoms with E-state index in [0.29, 0.717) is 5.69 Å². The number of rotatable bonds is 3. The number of anilines is 2. The quantitative estimate of drug-likeness (QED) is 0.864. The van der Waals surface area contributed by atoms with Crippen LogP contribution in [0.3, 0.4) is 0 Å². The summed E-state index contributed by atoms with van der Waals surface area (Å²) in [5.74, 6) is -0.145. The molecule has 0 bridgehead atoms. The van der Waals surface area contributed by atoms with Gasteiger partial charge in [-0.05, 0) is 31.2 Å². The number of aromatic nitrogens is 1. The van der Waals surface area contributed by atoms with Crippen molar-refractivity contribution in [3.05, 3.63) is 45.0 Å². The molecule has 2 N–H and O–H groups in total. The molecular formula is C13H15N3O2S. The van der Waals surface area contributed by atoms with E-state index in [1.54, 1.807) is 36.7 Å². The summed E-state index contributed by atoms with van der Waals surface area (Å²) in [5, 5.41) is 1.75. The van der Waals surface area contributed by atoms with Crippen molar-refractivity contribution >= 4 is 28.6 Å². The molecule has 0 aliphatic carbocycles. The van der Waals surface area contributed by atoms with Gasteiger partial charge in [0, 0.05) is 29.5 Å². The summed E-state index contributed by atoms with van der Waals surface area (Å²) in [6.07, 6.45) is 0. The first-order valence-electron chi connectivity index (χ1n) is 5.76. The predicted molar refractivity (Wildman–Crippen MR) is 77.6 cm³/mol. The zero-order valence-electron chi connectivity index (χ0n) is 10.8. The van der Waals surface area contributed by atoms with Crippen LogP contribution in [-0.4, -0.2) is 17.5 Å². The molecule has 0 radical (unpaired) electrons. The summed E-state index contributed by atoms with van der Waals surface area (Å²) >= 11 is 1.10. The van der Waals surface area contributed by atoms with Gasteiger partial charge < -0.3 is 10.6 Å². The third kappa shape index (κ3) is 2.85. The van der Waals surface area contributed by atoms with E-state index in [-0.39, 0.29) is 17.3 Å². The molecule has 1 heterocycles. The van der Waals surface area contributed by atoms with Crippen LogP contribution in [0.1, 0.15) is 5.69 Å². The maximum absolute atomic E-state index is 12.1. The number of likely N-dealkylation sites (N-methyl/N-ethyl adjacent to an activating group) is 1. The van der Waals surface area contributed by atoms with Crippen molar-refractivity contribution < 1.29 is 4.79 Å².